The van der Waals surface area contributed by atoms with E-state index in [1.807, 2.05) is 13.0 Å². The summed E-state index contributed by atoms with van der Waals surface area (Å²) >= 11 is 4.29. The van der Waals surface area contributed by atoms with Crippen LogP contribution in [-0.2, 0) is 21.2 Å². The van der Waals surface area contributed by atoms with E-state index in [0.717, 1.165) is 16.9 Å². The summed E-state index contributed by atoms with van der Waals surface area (Å²) in [5, 5.41) is 8.72. The van der Waals surface area contributed by atoms with Gasteiger partial charge in [0.15, 0.2) is 0 Å². The van der Waals surface area contributed by atoms with Gasteiger partial charge in [-0.2, -0.15) is 0 Å². The summed E-state index contributed by atoms with van der Waals surface area (Å²) in [5.41, 5.74) is 1.36. The number of thiophene rings is 1. The van der Waals surface area contributed by atoms with Crippen LogP contribution < -0.4 is 4.72 Å². The van der Waals surface area contributed by atoms with Gasteiger partial charge in [-0.15, -0.1) is 11.3 Å². The predicted octanol–water partition coefficient (Wildman–Crippen LogP) is 3.25. The number of nitrogens with one attached hydrogen (secondary N) is 1. The third kappa shape index (κ3) is 3.84. The lowest BCUT2D eigenvalue weighted by Gasteiger charge is -2.09. The van der Waals surface area contributed by atoms with E-state index >= 15 is 0 Å². The molecule has 0 unspecified atom stereocenters. The van der Waals surface area contributed by atoms with Crippen LogP contribution in [0, 0.1) is 6.92 Å². The van der Waals surface area contributed by atoms with E-state index in [9.17, 15) is 13.2 Å². The highest BCUT2D eigenvalue weighted by molar-refractivity contribution is 9.10. The molecular weight excluding hydrogens is 378 g/mol. The minimum atomic E-state index is -3.72. The molecule has 1 aromatic heterocycles. The molecule has 0 atom stereocenters. The van der Waals surface area contributed by atoms with Crippen LogP contribution in [0.3, 0.4) is 0 Å². The van der Waals surface area contributed by atoms with Crippen molar-refractivity contribution in [3.63, 3.8) is 0 Å². The molecule has 0 radical (unpaired) electrons. The Bertz CT molecular complexity index is 783. The molecule has 0 fully saturated rings. The minimum absolute atomic E-state index is 0.0900. The lowest BCUT2D eigenvalue weighted by atomic mass is 10.2. The molecule has 5 nitrogen and oxygen atoms in total. The van der Waals surface area contributed by atoms with Gasteiger partial charge >= 0.3 is 5.97 Å². The first-order chi connectivity index (χ1) is 9.79. The number of rotatable bonds is 5. The number of carboxylic acid groups (broad SMARTS) is 1. The third-order valence-electron chi connectivity index (χ3n) is 2.66. The van der Waals surface area contributed by atoms with E-state index in [4.69, 9.17) is 5.11 Å². The molecule has 21 heavy (non-hydrogen) atoms. The number of hydrogen-bond acceptors (Lipinski definition) is 4. The van der Waals surface area contributed by atoms with Crippen molar-refractivity contribution in [2.45, 2.75) is 17.6 Å². The van der Waals surface area contributed by atoms with Crippen molar-refractivity contribution < 1.29 is 18.3 Å². The molecule has 0 aliphatic rings. The highest BCUT2D eigenvalue weighted by atomic mass is 79.9. The van der Waals surface area contributed by atoms with Crippen LogP contribution in [0.2, 0.25) is 0 Å². The molecule has 0 aliphatic carbocycles. The van der Waals surface area contributed by atoms with Gasteiger partial charge in [-0.3, -0.25) is 9.52 Å². The summed E-state index contributed by atoms with van der Waals surface area (Å²) in [6, 6.07) is 8.19. The minimum Gasteiger partial charge on any atom is -0.481 e. The van der Waals surface area contributed by atoms with Gasteiger partial charge in [-0.1, -0.05) is 12.1 Å². The number of anilines is 1. The number of benzene rings is 1. The fraction of sp³-hybridized carbons (Fsp3) is 0.154. The van der Waals surface area contributed by atoms with Gasteiger partial charge in [0.05, 0.1) is 12.1 Å². The number of carbonyl (C=O) groups is 1. The average Bonchev–Trinajstić information content (AvgIpc) is 2.83. The molecule has 8 heteroatoms. The summed E-state index contributed by atoms with van der Waals surface area (Å²) in [4.78, 5) is 11.1. The molecule has 2 aromatic rings. The molecular formula is C13H12BrNO4S2. The largest absolute Gasteiger partial charge is 0.481 e. The lowest BCUT2D eigenvalue weighted by molar-refractivity contribution is -0.136. The van der Waals surface area contributed by atoms with Crippen molar-refractivity contribution in [2.75, 3.05) is 4.72 Å². The zero-order chi connectivity index (χ0) is 15.6. The normalized spacial score (nSPS) is 11.3. The van der Waals surface area contributed by atoms with Gasteiger partial charge < -0.3 is 5.11 Å². The topological polar surface area (TPSA) is 83.5 Å². The first-order valence-corrected chi connectivity index (χ1v) is 8.97. The molecule has 0 aliphatic heterocycles. The van der Waals surface area contributed by atoms with Gasteiger partial charge in [0, 0.05) is 9.35 Å². The van der Waals surface area contributed by atoms with Gasteiger partial charge in [-0.05, 0) is 46.6 Å². The molecule has 1 heterocycles. The number of aliphatic carboxylic acids is 1. The number of hydrogen-bond donors (Lipinski definition) is 2. The van der Waals surface area contributed by atoms with Crippen molar-refractivity contribution in [3.05, 3.63) is 45.2 Å². The molecule has 0 saturated heterocycles. The Balaban J connectivity index is 2.28. The Kier molecular flexibility index (Phi) is 4.70. The molecule has 112 valence electrons. The van der Waals surface area contributed by atoms with E-state index in [0.29, 0.717) is 15.0 Å². The van der Waals surface area contributed by atoms with Crippen LogP contribution in [-0.4, -0.2) is 19.5 Å². The Morgan fingerprint density at radius 1 is 1.33 bits per heavy atom. The Morgan fingerprint density at radius 3 is 2.71 bits per heavy atom. The molecule has 2 rings (SSSR count). The molecule has 0 saturated carbocycles. The number of carboxylic acids is 1. The van der Waals surface area contributed by atoms with Crippen molar-refractivity contribution in [1.82, 2.24) is 0 Å². The maximum atomic E-state index is 12.3. The third-order valence-corrected chi connectivity index (χ3v) is 6.66. The van der Waals surface area contributed by atoms with Crippen LogP contribution in [0.15, 0.2) is 39.0 Å². The molecule has 0 spiro atoms. The molecule has 1 aromatic carbocycles. The summed E-state index contributed by atoms with van der Waals surface area (Å²) in [5.74, 6) is -0.991. The van der Waals surface area contributed by atoms with Gasteiger partial charge in [0.1, 0.15) is 4.21 Å². The quantitative estimate of drug-likeness (QED) is 0.821. The summed E-state index contributed by atoms with van der Waals surface area (Å²) in [6.45, 7) is 1.86. The summed E-state index contributed by atoms with van der Waals surface area (Å²) in [7, 11) is -3.72. The van der Waals surface area contributed by atoms with Crippen LogP contribution >= 0.6 is 27.3 Å². The number of sulfonamides is 1. The predicted molar refractivity (Wildman–Crippen MR) is 85.3 cm³/mol. The maximum Gasteiger partial charge on any atom is 0.308 e. The first-order valence-electron chi connectivity index (χ1n) is 5.88. The maximum absolute atomic E-state index is 12.3. The Hall–Kier alpha value is -1.38. The zero-order valence-electron chi connectivity index (χ0n) is 11.0. The zero-order valence-corrected chi connectivity index (χ0v) is 14.2. The number of halogens is 1. The van der Waals surface area contributed by atoms with E-state index in [1.54, 1.807) is 12.1 Å². The smallest absolute Gasteiger partial charge is 0.308 e. The van der Waals surface area contributed by atoms with Crippen LogP contribution in [0.25, 0.3) is 0 Å². The Labute approximate surface area is 134 Å². The van der Waals surface area contributed by atoms with Crippen LogP contribution in [0.4, 0.5) is 5.69 Å². The second-order valence-electron chi connectivity index (χ2n) is 4.33. The molecule has 2 N–H and O–H groups in total. The van der Waals surface area contributed by atoms with Crippen LogP contribution in [0.1, 0.15) is 10.4 Å². The van der Waals surface area contributed by atoms with E-state index in [2.05, 4.69) is 20.7 Å². The van der Waals surface area contributed by atoms with Crippen molar-refractivity contribution in [3.8, 4) is 0 Å². The standard InChI is InChI=1S/C13H12BrNO4S2/c1-8-3-2-4-10(13(8)14)15-21(18,19)12-6-5-9(20-12)7-11(16)17/h2-6,15H,7H2,1H3,(H,16,17). The second kappa shape index (κ2) is 6.17. The van der Waals surface area contributed by atoms with Crippen LogP contribution in [0.5, 0.6) is 0 Å². The molecule has 0 bridgehead atoms. The highest BCUT2D eigenvalue weighted by Gasteiger charge is 2.19. The monoisotopic (exact) mass is 389 g/mol. The van der Waals surface area contributed by atoms with E-state index < -0.39 is 16.0 Å². The average molecular weight is 390 g/mol. The fourth-order valence-electron chi connectivity index (χ4n) is 1.67. The second-order valence-corrected chi connectivity index (χ2v) is 8.20. The van der Waals surface area contributed by atoms with Crippen molar-refractivity contribution >= 4 is 48.9 Å². The van der Waals surface area contributed by atoms with Crippen molar-refractivity contribution in [1.29, 1.82) is 0 Å². The van der Waals surface area contributed by atoms with Gasteiger partial charge in [0.25, 0.3) is 10.0 Å². The summed E-state index contributed by atoms with van der Waals surface area (Å²) < 4.78 is 27.9. The lowest BCUT2D eigenvalue weighted by Crippen LogP contribution is -2.12. The van der Waals surface area contributed by atoms with E-state index in [1.165, 1.54) is 12.1 Å². The van der Waals surface area contributed by atoms with E-state index in [-0.39, 0.29) is 10.6 Å². The van der Waals surface area contributed by atoms with Gasteiger partial charge in [-0.25, -0.2) is 8.42 Å². The van der Waals surface area contributed by atoms with Gasteiger partial charge in [0.2, 0.25) is 0 Å². The first kappa shape index (κ1) is 16.0. The van der Waals surface area contributed by atoms with Crippen molar-refractivity contribution in [2.24, 2.45) is 0 Å². The summed E-state index contributed by atoms with van der Waals surface area (Å²) in [6.07, 6.45) is -0.186. The highest BCUT2D eigenvalue weighted by Crippen LogP contribution is 2.30. The fourth-order valence-corrected chi connectivity index (χ4v) is 4.58. The SMILES string of the molecule is Cc1cccc(NS(=O)(=O)c2ccc(CC(=O)O)s2)c1Br. The number of aryl methyl sites for hydroxylation is 1. The Morgan fingerprint density at radius 2 is 2.05 bits per heavy atom. The molecule has 0 amide bonds.